The Labute approximate surface area is 234 Å². The number of amides is 1. The third-order valence-corrected chi connectivity index (χ3v) is 10.2. The van der Waals surface area contributed by atoms with Gasteiger partial charge in [0.25, 0.3) is 5.91 Å². The summed E-state index contributed by atoms with van der Waals surface area (Å²) in [6.45, 7) is 9.11. The molecule has 11 heteroatoms. The van der Waals surface area contributed by atoms with Crippen LogP contribution in [-0.2, 0) is 14.8 Å². The van der Waals surface area contributed by atoms with Crippen molar-refractivity contribution < 1.29 is 17.9 Å². The molecule has 1 fully saturated rings. The number of rotatable bonds is 12. The second-order valence-electron chi connectivity index (χ2n) is 9.14. The zero-order valence-electron chi connectivity index (χ0n) is 22.3. The molecule has 2 aromatic carbocycles. The maximum atomic E-state index is 13.8. The zero-order valence-corrected chi connectivity index (χ0v) is 24.7. The third kappa shape index (κ3) is 6.57. The van der Waals surface area contributed by atoms with E-state index in [9.17, 15) is 13.2 Å². The molecule has 0 N–H and O–H groups in total. The summed E-state index contributed by atoms with van der Waals surface area (Å²) in [7, 11) is -3.61. The standard InChI is InChI=1S/C27H36N4O4S3/c1-4-13-30(14-5-2)38(33,34)22-11-9-21(10-12-22)26(32)31(16-15-29-17-19-35-20-18-29)27-28-25-23(36-3)7-6-8-24(25)37-27/h6-12H,4-5,13-20H2,1-3H3. The van der Waals surface area contributed by atoms with Gasteiger partial charge < -0.3 is 4.74 Å². The minimum atomic E-state index is -3.61. The number of nitrogens with zero attached hydrogens (tertiary/aromatic N) is 4. The summed E-state index contributed by atoms with van der Waals surface area (Å²) < 4.78 is 34.4. The Kier molecular flexibility index (Phi) is 10.2. The van der Waals surface area contributed by atoms with Gasteiger partial charge in [0.1, 0.15) is 0 Å². The quantitative estimate of drug-likeness (QED) is 0.286. The van der Waals surface area contributed by atoms with Gasteiger partial charge in [-0.2, -0.15) is 4.31 Å². The van der Waals surface area contributed by atoms with Crippen LogP contribution in [0.2, 0.25) is 0 Å². The molecule has 206 valence electrons. The van der Waals surface area contributed by atoms with Crippen molar-refractivity contribution in [2.24, 2.45) is 0 Å². The fourth-order valence-corrected chi connectivity index (χ4v) is 7.74. The lowest BCUT2D eigenvalue weighted by atomic mass is 10.2. The molecule has 1 aromatic heterocycles. The number of thioether (sulfide) groups is 1. The van der Waals surface area contributed by atoms with Crippen LogP contribution in [0.1, 0.15) is 37.0 Å². The van der Waals surface area contributed by atoms with E-state index >= 15 is 0 Å². The number of fused-ring (bicyclic) bond motifs is 1. The van der Waals surface area contributed by atoms with Crippen molar-refractivity contribution in [1.82, 2.24) is 14.2 Å². The molecule has 0 saturated carbocycles. The number of sulfonamides is 1. The Bertz CT molecular complexity index is 1320. The van der Waals surface area contributed by atoms with Crippen molar-refractivity contribution in [2.45, 2.75) is 36.5 Å². The van der Waals surface area contributed by atoms with Gasteiger partial charge in [-0.25, -0.2) is 13.4 Å². The van der Waals surface area contributed by atoms with Gasteiger partial charge in [-0.15, -0.1) is 11.8 Å². The Morgan fingerprint density at radius 3 is 2.37 bits per heavy atom. The highest BCUT2D eigenvalue weighted by Gasteiger charge is 2.26. The van der Waals surface area contributed by atoms with Crippen molar-refractivity contribution in [3.63, 3.8) is 0 Å². The van der Waals surface area contributed by atoms with Crippen molar-refractivity contribution >= 4 is 54.4 Å². The number of benzene rings is 2. The fraction of sp³-hybridized carbons (Fsp3) is 0.481. The van der Waals surface area contributed by atoms with E-state index in [-0.39, 0.29) is 10.8 Å². The summed E-state index contributed by atoms with van der Waals surface area (Å²) in [5.41, 5.74) is 1.34. The average molecular weight is 577 g/mol. The van der Waals surface area contributed by atoms with E-state index in [1.807, 2.05) is 38.3 Å². The van der Waals surface area contributed by atoms with Gasteiger partial charge in [-0.1, -0.05) is 31.3 Å². The lowest BCUT2D eigenvalue weighted by Crippen LogP contribution is -2.43. The van der Waals surface area contributed by atoms with Crippen molar-refractivity contribution in [3.8, 4) is 0 Å². The summed E-state index contributed by atoms with van der Waals surface area (Å²) in [5, 5.41) is 0.647. The number of ether oxygens (including phenoxy) is 1. The van der Waals surface area contributed by atoms with E-state index in [0.29, 0.717) is 50.1 Å². The predicted molar refractivity (Wildman–Crippen MR) is 156 cm³/mol. The number of anilines is 1. The molecular formula is C27H36N4O4S3. The Morgan fingerprint density at radius 1 is 1.05 bits per heavy atom. The molecule has 0 spiro atoms. The van der Waals surface area contributed by atoms with Crippen molar-refractivity contribution in [3.05, 3.63) is 48.0 Å². The maximum absolute atomic E-state index is 13.8. The van der Waals surface area contributed by atoms with Gasteiger partial charge in [0.15, 0.2) is 5.13 Å². The molecule has 4 rings (SSSR count). The van der Waals surface area contributed by atoms with Gasteiger partial charge in [0, 0.05) is 49.7 Å². The van der Waals surface area contributed by atoms with Crippen LogP contribution >= 0.6 is 23.1 Å². The van der Waals surface area contributed by atoms with Crippen molar-refractivity contribution in [2.75, 3.05) is 63.6 Å². The third-order valence-electron chi connectivity index (χ3n) is 6.50. The predicted octanol–water partition coefficient (Wildman–Crippen LogP) is 4.81. The second kappa shape index (κ2) is 13.4. The molecule has 0 bridgehead atoms. The summed E-state index contributed by atoms with van der Waals surface area (Å²) in [5.74, 6) is -0.189. The molecule has 3 aromatic rings. The molecule has 1 aliphatic heterocycles. The zero-order chi connectivity index (χ0) is 27.1. The molecule has 1 saturated heterocycles. The van der Waals surface area contributed by atoms with Crippen LogP contribution in [0.25, 0.3) is 10.2 Å². The number of carbonyl (C=O) groups excluding carboxylic acids is 1. The molecule has 2 heterocycles. The minimum Gasteiger partial charge on any atom is -0.379 e. The first-order valence-electron chi connectivity index (χ1n) is 13.0. The molecule has 0 atom stereocenters. The molecule has 0 unspecified atom stereocenters. The highest BCUT2D eigenvalue weighted by molar-refractivity contribution is 7.98. The normalized spacial score (nSPS) is 14.8. The first-order chi connectivity index (χ1) is 18.4. The molecule has 0 aliphatic carbocycles. The largest absolute Gasteiger partial charge is 0.379 e. The van der Waals surface area contributed by atoms with Crippen LogP contribution in [0.15, 0.2) is 52.3 Å². The van der Waals surface area contributed by atoms with E-state index in [2.05, 4.69) is 4.90 Å². The molecule has 8 nitrogen and oxygen atoms in total. The first kappa shape index (κ1) is 29.0. The van der Waals surface area contributed by atoms with Crippen molar-refractivity contribution in [1.29, 1.82) is 0 Å². The lowest BCUT2D eigenvalue weighted by molar-refractivity contribution is 0.0391. The molecule has 38 heavy (non-hydrogen) atoms. The summed E-state index contributed by atoms with van der Waals surface area (Å²) in [4.78, 5) is 24.0. The van der Waals surface area contributed by atoms with E-state index in [1.165, 1.54) is 15.6 Å². The minimum absolute atomic E-state index is 0.189. The molecule has 1 amide bonds. The van der Waals surface area contributed by atoms with Gasteiger partial charge in [-0.05, 0) is 55.5 Å². The SMILES string of the molecule is CCCN(CCC)S(=O)(=O)c1ccc(C(=O)N(CCN2CCOCC2)c2nc3c(SC)cccc3s2)cc1. The number of hydrogen-bond acceptors (Lipinski definition) is 8. The Morgan fingerprint density at radius 2 is 1.74 bits per heavy atom. The highest BCUT2D eigenvalue weighted by Crippen LogP contribution is 2.34. The van der Waals surface area contributed by atoms with Crippen LogP contribution in [0.3, 0.4) is 0 Å². The van der Waals surface area contributed by atoms with Gasteiger partial charge in [0.05, 0.1) is 28.3 Å². The Hall–Kier alpha value is -2.02. The monoisotopic (exact) mass is 576 g/mol. The van der Waals surface area contributed by atoms with Gasteiger partial charge in [-0.3, -0.25) is 14.6 Å². The topological polar surface area (TPSA) is 83.1 Å². The van der Waals surface area contributed by atoms with Crippen LogP contribution in [0.5, 0.6) is 0 Å². The molecule has 0 radical (unpaired) electrons. The summed E-state index contributed by atoms with van der Waals surface area (Å²) >= 11 is 3.14. The number of carbonyl (C=O) groups is 1. The first-order valence-corrected chi connectivity index (χ1v) is 16.5. The Balaban J connectivity index is 1.62. The highest BCUT2D eigenvalue weighted by atomic mass is 32.2. The lowest BCUT2D eigenvalue weighted by Gasteiger charge is -2.29. The van der Waals surface area contributed by atoms with Crippen LogP contribution < -0.4 is 4.90 Å². The number of aromatic nitrogens is 1. The van der Waals surface area contributed by atoms with E-state index in [1.54, 1.807) is 40.9 Å². The average Bonchev–Trinajstić information content (AvgIpc) is 3.38. The van der Waals surface area contributed by atoms with Crippen LogP contribution in [-0.4, -0.2) is 87.3 Å². The van der Waals surface area contributed by atoms with Crippen LogP contribution in [0.4, 0.5) is 5.13 Å². The number of thiazole rings is 1. The fourth-order valence-electron chi connectivity index (χ4n) is 4.47. The molecular weight excluding hydrogens is 541 g/mol. The summed E-state index contributed by atoms with van der Waals surface area (Å²) in [6.07, 6.45) is 3.51. The smallest absolute Gasteiger partial charge is 0.260 e. The van der Waals surface area contributed by atoms with Gasteiger partial charge in [0.2, 0.25) is 10.0 Å². The van der Waals surface area contributed by atoms with Gasteiger partial charge >= 0.3 is 0 Å². The van der Waals surface area contributed by atoms with E-state index in [4.69, 9.17) is 9.72 Å². The molecule has 1 aliphatic rings. The summed E-state index contributed by atoms with van der Waals surface area (Å²) in [6, 6.07) is 12.4. The number of hydrogen-bond donors (Lipinski definition) is 0. The van der Waals surface area contributed by atoms with E-state index in [0.717, 1.165) is 41.0 Å². The van der Waals surface area contributed by atoms with Crippen LogP contribution in [0, 0.1) is 0 Å². The number of morpholine rings is 1. The van der Waals surface area contributed by atoms with E-state index < -0.39 is 10.0 Å². The maximum Gasteiger partial charge on any atom is 0.260 e. The second-order valence-corrected chi connectivity index (χ2v) is 12.9. The number of para-hydroxylation sites is 1.